The number of likely N-dealkylation sites (tertiary alicyclic amines) is 1. The summed E-state index contributed by atoms with van der Waals surface area (Å²) in [6, 6.07) is 10.4. The van der Waals surface area contributed by atoms with Crippen molar-refractivity contribution in [2.45, 2.75) is 44.0 Å². The van der Waals surface area contributed by atoms with E-state index in [1.165, 1.54) is 5.56 Å². The van der Waals surface area contributed by atoms with Crippen LogP contribution in [-0.4, -0.2) is 74.1 Å². The van der Waals surface area contributed by atoms with Gasteiger partial charge in [0.05, 0.1) is 18.8 Å². The number of piperidine rings is 1. The second-order valence-corrected chi connectivity index (χ2v) is 7.64. The Bertz CT molecular complexity index is 585. The molecular weight excluding hydrogens is 334 g/mol. The molecule has 2 aliphatic rings. The fourth-order valence-electron chi connectivity index (χ4n) is 3.91. The van der Waals surface area contributed by atoms with Gasteiger partial charge in [-0.1, -0.05) is 30.3 Å². The van der Waals surface area contributed by atoms with Gasteiger partial charge in [0, 0.05) is 46.4 Å². The van der Waals surface area contributed by atoms with Crippen LogP contribution in [0.25, 0.3) is 0 Å². The monoisotopic (exact) mass is 365 g/mol. The Kier molecular flexibility index (Phi) is 6.01. The highest BCUT2D eigenvalue weighted by Gasteiger charge is 2.55. The highest BCUT2D eigenvalue weighted by molar-refractivity contribution is 5.15. The van der Waals surface area contributed by atoms with Gasteiger partial charge < -0.3 is 24.1 Å². The van der Waals surface area contributed by atoms with E-state index < -0.39 is 11.4 Å². The molecule has 0 aromatic heterocycles. The number of methoxy groups -OCH3 is 2. The number of ether oxygens (including phenoxy) is 4. The number of fused-ring (bicyclic) bond motifs is 1. The van der Waals surface area contributed by atoms with Crippen molar-refractivity contribution >= 4 is 0 Å². The molecule has 2 saturated heterocycles. The Morgan fingerprint density at radius 3 is 2.50 bits per heavy atom. The van der Waals surface area contributed by atoms with Gasteiger partial charge in [-0.15, -0.1) is 0 Å². The van der Waals surface area contributed by atoms with Gasteiger partial charge in [0.1, 0.15) is 5.60 Å². The first-order chi connectivity index (χ1) is 12.4. The van der Waals surface area contributed by atoms with E-state index in [1.54, 1.807) is 14.2 Å². The van der Waals surface area contributed by atoms with Crippen LogP contribution in [-0.2, 0) is 25.5 Å². The zero-order chi connectivity index (χ0) is 18.8. The first kappa shape index (κ1) is 19.7. The van der Waals surface area contributed by atoms with Crippen LogP contribution in [0.1, 0.15) is 19.4 Å². The number of aliphatic hydroxyl groups is 1. The standard InChI is InChI=1S/C20H31NO5/c1-19(23-3)14-25-17-12-21(10-15-8-6-5-7-9-15)11-16(13-22)18(17)26-20(19,2)24-4/h5-9,16-18,22H,10-14H2,1-4H3/t16-,17-,18-,19+,20+/m1/s1. The normalized spacial score (nSPS) is 38.6. The van der Waals surface area contributed by atoms with Gasteiger partial charge in [0.25, 0.3) is 0 Å². The zero-order valence-electron chi connectivity index (χ0n) is 16.2. The molecule has 0 radical (unpaired) electrons. The summed E-state index contributed by atoms with van der Waals surface area (Å²) in [7, 11) is 3.26. The molecule has 0 saturated carbocycles. The topological polar surface area (TPSA) is 60.4 Å². The molecule has 0 spiro atoms. The Morgan fingerprint density at radius 1 is 1.15 bits per heavy atom. The van der Waals surface area contributed by atoms with Crippen molar-refractivity contribution in [3.05, 3.63) is 35.9 Å². The summed E-state index contributed by atoms with van der Waals surface area (Å²) in [5, 5.41) is 10.0. The molecule has 0 amide bonds. The molecule has 1 aromatic carbocycles. The SMILES string of the molecule is CO[C@@]1(C)O[C@@H]2[C@@H](CO)CN(Cc3ccccc3)C[C@H]2OC[C@]1(C)OC. The molecule has 26 heavy (non-hydrogen) atoms. The molecule has 6 nitrogen and oxygen atoms in total. The second kappa shape index (κ2) is 7.92. The molecule has 0 bridgehead atoms. The third kappa shape index (κ3) is 3.67. The van der Waals surface area contributed by atoms with Crippen molar-refractivity contribution < 1.29 is 24.1 Å². The summed E-state index contributed by atoms with van der Waals surface area (Å²) in [6.07, 6.45) is -0.384. The third-order valence-corrected chi connectivity index (χ3v) is 5.98. The minimum absolute atomic E-state index is 0.0410. The van der Waals surface area contributed by atoms with Gasteiger partial charge in [-0.3, -0.25) is 4.90 Å². The van der Waals surface area contributed by atoms with Gasteiger partial charge in [0.15, 0.2) is 5.79 Å². The summed E-state index contributed by atoms with van der Waals surface area (Å²) in [6.45, 7) is 6.55. The highest BCUT2D eigenvalue weighted by Crippen LogP contribution is 2.39. The summed E-state index contributed by atoms with van der Waals surface area (Å²) >= 11 is 0. The fourth-order valence-corrected chi connectivity index (χ4v) is 3.91. The Hall–Kier alpha value is -1.02. The molecule has 2 fully saturated rings. The van der Waals surface area contributed by atoms with E-state index in [-0.39, 0.29) is 24.7 Å². The van der Waals surface area contributed by atoms with E-state index in [0.717, 1.165) is 19.6 Å². The maximum atomic E-state index is 10.0. The summed E-state index contributed by atoms with van der Waals surface area (Å²) in [5.74, 6) is -0.998. The van der Waals surface area contributed by atoms with Crippen molar-refractivity contribution in [1.29, 1.82) is 0 Å². The average molecular weight is 365 g/mol. The van der Waals surface area contributed by atoms with E-state index in [0.29, 0.717) is 6.61 Å². The number of nitrogens with zero attached hydrogens (tertiary/aromatic N) is 1. The molecule has 0 unspecified atom stereocenters. The molecular formula is C20H31NO5. The lowest BCUT2D eigenvalue weighted by molar-refractivity contribution is -0.319. The van der Waals surface area contributed by atoms with E-state index in [9.17, 15) is 5.11 Å². The van der Waals surface area contributed by atoms with Crippen molar-refractivity contribution in [2.24, 2.45) is 5.92 Å². The van der Waals surface area contributed by atoms with Crippen LogP contribution >= 0.6 is 0 Å². The maximum Gasteiger partial charge on any atom is 0.196 e. The van der Waals surface area contributed by atoms with E-state index in [4.69, 9.17) is 18.9 Å². The number of hydrogen-bond donors (Lipinski definition) is 1. The zero-order valence-corrected chi connectivity index (χ0v) is 16.2. The van der Waals surface area contributed by atoms with Crippen molar-refractivity contribution in [2.75, 3.05) is 40.5 Å². The lowest BCUT2D eigenvalue weighted by Gasteiger charge is -2.45. The second-order valence-electron chi connectivity index (χ2n) is 7.64. The molecule has 6 heteroatoms. The van der Waals surface area contributed by atoms with Crippen LogP contribution in [0.15, 0.2) is 30.3 Å². The van der Waals surface area contributed by atoms with Crippen LogP contribution in [0.2, 0.25) is 0 Å². The number of benzene rings is 1. The predicted octanol–water partition coefficient (Wildman–Crippen LogP) is 1.66. The summed E-state index contributed by atoms with van der Waals surface area (Å²) < 4.78 is 24.0. The van der Waals surface area contributed by atoms with Gasteiger partial charge in [0.2, 0.25) is 0 Å². The van der Waals surface area contributed by atoms with Gasteiger partial charge >= 0.3 is 0 Å². The fraction of sp³-hybridized carbons (Fsp3) is 0.700. The van der Waals surface area contributed by atoms with Gasteiger partial charge in [-0.2, -0.15) is 0 Å². The molecule has 1 aromatic rings. The van der Waals surface area contributed by atoms with Gasteiger partial charge in [-0.05, 0) is 19.4 Å². The summed E-state index contributed by atoms with van der Waals surface area (Å²) in [5.41, 5.74) is 0.518. The Morgan fingerprint density at radius 2 is 1.88 bits per heavy atom. The van der Waals surface area contributed by atoms with Gasteiger partial charge in [-0.25, -0.2) is 0 Å². The quantitative estimate of drug-likeness (QED) is 0.856. The van der Waals surface area contributed by atoms with Crippen molar-refractivity contribution in [3.8, 4) is 0 Å². The molecule has 0 aliphatic carbocycles. The van der Waals surface area contributed by atoms with Crippen molar-refractivity contribution in [3.63, 3.8) is 0 Å². The third-order valence-electron chi connectivity index (χ3n) is 5.98. The van der Waals surface area contributed by atoms with Crippen LogP contribution in [0.4, 0.5) is 0 Å². The predicted molar refractivity (Wildman–Crippen MR) is 97.7 cm³/mol. The van der Waals surface area contributed by atoms with Crippen LogP contribution < -0.4 is 0 Å². The number of aliphatic hydroxyl groups excluding tert-OH is 1. The summed E-state index contributed by atoms with van der Waals surface area (Å²) in [4.78, 5) is 2.32. The molecule has 2 heterocycles. The van der Waals surface area contributed by atoms with E-state index >= 15 is 0 Å². The Balaban J connectivity index is 1.80. The molecule has 146 valence electrons. The van der Waals surface area contributed by atoms with Crippen LogP contribution in [0.5, 0.6) is 0 Å². The number of hydrogen-bond acceptors (Lipinski definition) is 6. The molecule has 1 N–H and O–H groups in total. The highest BCUT2D eigenvalue weighted by atomic mass is 16.7. The lowest BCUT2D eigenvalue weighted by atomic mass is 9.91. The molecule has 5 atom stereocenters. The smallest absolute Gasteiger partial charge is 0.196 e. The van der Waals surface area contributed by atoms with E-state index in [1.807, 2.05) is 32.0 Å². The minimum atomic E-state index is -0.948. The minimum Gasteiger partial charge on any atom is -0.396 e. The van der Waals surface area contributed by atoms with E-state index in [2.05, 4.69) is 17.0 Å². The van der Waals surface area contributed by atoms with Crippen LogP contribution in [0.3, 0.4) is 0 Å². The first-order valence-electron chi connectivity index (χ1n) is 9.21. The maximum absolute atomic E-state index is 10.0. The van der Waals surface area contributed by atoms with Crippen LogP contribution in [0, 0.1) is 5.92 Å². The number of rotatable bonds is 5. The van der Waals surface area contributed by atoms with Crippen molar-refractivity contribution in [1.82, 2.24) is 4.90 Å². The first-order valence-corrected chi connectivity index (χ1v) is 9.21. The largest absolute Gasteiger partial charge is 0.396 e. The lowest BCUT2D eigenvalue weighted by Crippen LogP contribution is -2.59. The molecule has 2 aliphatic heterocycles. The Labute approximate surface area is 156 Å². The average Bonchev–Trinajstić information content (AvgIpc) is 2.78. The molecule has 3 rings (SSSR count).